The largest absolute Gasteiger partial charge is 0.377 e. The van der Waals surface area contributed by atoms with E-state index in [4.69, 9.17) is 4.74 Å². The number of hydrogen-bond donors (Lipinski definition) is 1. The molecule has 0 aromatic rings. The fourth-order valence-corrected chi connectivity index (χ4v) is 2.53. The Kier molecular flexibility index (Phi) is 5.07. The molecule has 1 fully saturated rings. The summed E-state index contributed by atoms with van der Waals surface area (Å²) in [6, 6.07) is 0.541. The Morgan fingerprint density at radius 2 is 2.07 bits per heavy atom. The van der Waals surface area contributed by atoms with E-state index in [2.05, 4.69) is 33.0 Å². The fraction of sp³-hybridized carbons (Fsp3) is 1.00. The van der Waals surface area contributed by atoms with Crippen LogP contribution in [0.15, 0.2) is 0 Å². The molecular weight excluding hydrogens is 186 g/mol. The van der Waals surface area contributed by atoms with Gasteiger partial charge in [0.2, 0.25) is 0 Å². The number of rotatable bonds is 6. The Labute approximate surface area is 94.8 Å². The molecular formula is C13H27NO. The molecule has 1 N–H and O–H groups in total. The minimum Gasteiger partial charge on any atom is -0.377 e. The van der Waals surface area contributed by atoms with Crippen molar-refractivity contribution in [2.24, 2.45) is 5.41 Å². The van der Waals surface area contributed by atoms with Crippen molar-refractivity contribution < 1.29 is 4.74 Å². The Balaban J connectivity index is 2.42. The van der Waals surface area contributed by atoms with Crippen LogP contribution in [0.25, 0.3) is 0 Å². The third-order valence-corrected chi connectivity index (χ3v) is 3.54. The van der Waals surface area contributed by atoms with E-state index >= 15 is 0 Å². The third-order valence-electron chi connectivity index (χ3n) is 3.54. The Hall–Kier alpha value is -0.0800. The fourth-order valence-electron chi connectivity index (χ4n) is 2.53. The van der Waals surface area contributed by atoms with Gasteiger partial charge in [0.15, 0.2) is 0 Å². The SMILES string of the molecule is CCCCOC1CCC(C)(C)C1NCC. The van der Waals surface area contributed by atoms with Crippen LogP contribution in [0, 0.1) is 5.41 Å². The maximum absolute atomic E-state index is 5.98. The number of hydrogen-bond acceptors (Lipinski definition) is 2. The van der Waals surface area contributed by atoms with Crippen LogP contribution in [0.2, 0.25) is 0 Å². The monoisotopic (exact) mass is 213 g/mol. The number of nitrogens with one attached hydrogen (secondary N) is 1. The van der Waals surface area contributed by atoms with Crippen LogP contribution in [0.3, 0.4) is 0 Å². The average Bonchev–Trinajstić information content (AvgIpc) is 2.46. The topological polar surface area (TPSA) is 21.3 Å². The summed E-state index contributed by atoms with van der Waals surface area (Å²) < 4.78 is 5.98. The molecule has 0 saturated heterocycles. The normalized spacial score (nSPS) is 29.6. The van der Waals surface area contributed by atoms with Crippen LogP contribution in [0.5, 0.6) is 0 Å². The second kappa shape index (κ2) is 5.86. The Bertz CT molecular complexity index is 179. The molecule has 15 heavy (non-hydrogen) atoms. The van der Waals surface area contributed by atoms with Crippen molar-refractivity contribution in [1.82, 2.24) is 5.32 Å². The average molecular weight is 213 g/mol. The van der Waals surface area contributed by atoms with E-state index in [0.29, 0.717) is 17.6 Å². The maximum Gasteiger partial charge on any atom is 0.0733 e. The summed E-state index contributed by atoms with van der Waals surface area (Å²) in [6.45, 7) is 11.1. The van der Waals surface area contributed by atoms with Crippen LogP contribution in [-0.2, 0) is 4.74 Å². The third kappa shape index (κ3) is 3.46. The molecule has 0 bridgehead atoms. The zero-order valence-corrected chi connectivity index (χ0v) is 10.8. The van der Waals surface area contributed by atoms with Gasteiger partial charge in [-0.05, 0) is 31.2 Å². The van der Waals surface area contributed by atoms with Crippen LogP contribution in [0.4, 0.5) is 0 Å². The van der Waals surface area contributed by atoms with Crippen molar-refractivity contribution >= 4 is 0 Å². The molecule has 0 aromatic carbocycles. The van der Waals surface area contributed by atoms with Gasteiger partial charge < -0.3 is 10.1 Å². The van der Waals surface area contributed by atoms with Crippen molar-refractivity contribution in [2.45, 2.75) is 65.5 Å². The number of unbranched alkanes of at least 4 members (excludes halogenated alkanes) is 1. The lowest BCUT2D eigenvalue weighted by Gasteiger charge is -2.31. The van der Waals surface area contributed by atoms with E-state index in [9.17, 15) is 0 Å². The zero-order chi connectivity index (χ0) is 11.3. The van der Waals surface area contributed by atoms with Crippen molar-refractivity contribution in [3.63, 3.8) is 0 Å². The predicted molar refractivity (Wildman–Crippen MR) is 65.1 cm³/mol. The highest BCUT2D eigenvalue weighted by atomic mass is 16.5. The van der Waals surface area contributed by atoms with Crippen LogP contribution in [-0.4, -0.2) is 25.3 Å². The smallest absolute Gasteiger partial charge is 0.0733 e. The van der Waals surface area contributed by atoms with Gasteiger partial charge >= 0.3 is 0 Å². The number of likely N-dealkylation sites (N-methyl/N-ethyl adjacent to an activating group) is 1. The predicted octanol–water partition coefficient (Wildman–Crippen LogP) is 2.97. The van der Waals surface area contributed by atoms with Gasteiger partial charge in [0.05, 0.1) is 6.10 Å². The van der Waals surface area contributed by atoms with Gasteiger partial charge in [0, 0.05) is 12.6 Å². The van der Waals surface area contributed by atoms with E-state index in [1.807, 2.05) is 0 Å². The molecule has 2 heteroatoms. The molecule has 0 amide bonds. The zero-order valence-electron chi connectivity index (χ0n) is 10.8. The van der Waals surface area contributed by atoms with Crippen molar-refractivity contribution in [3.8, 4) is 0 Å². The van der Waals surface area contributed by atoms with Gasteiger partial charge in [0.1, 0.15) is 0 Å². The van der Waals surface area contributed by atoms with Gasteiger partial charge in [-0.25, -0.2) is 0 Å². The summed E-state index contributed by atoms with van der Waals surface area (Å²) in [6.07, 6.45) is 5.35. The first-order valence-corrected chi connectivity index (χ1v) is 6.46. The Morgan fingerprint density at radius 1 is 1.33 bits per heavy atom. The van der Waals surface area contributed by atoms with Gasteiger partial charge in [0.25, 0.3) is 0 Å². The molecule has 0 aliphatic heterocycles. The van der Waals surface area contributed by atoms with Gasteiger partial charge in [-0.1, -0.05) is 34.1 Å². The second-order valence-corrected chi connectivity index (χ2v) is 5.33. The summed E-state index contributed by atoms with van der Waals surface area (Å²) in [5, 5.41) is 3.59. The lowest BCUT2D eigenvalue weighted by atomic mass is 9.87. The quantitative estimate of drug-likeness (QED) is 0.685. The highest BCUT2D eigenvalue weighted by Gasteiger charge is 2.41. The second-order valence-electron chi connectivity index (χ2n) is 5.33. The minimum atomic E-state index is 0.396. The Morgan fingerprint density at radius 3 is 2.67 bits per heavy atom. The summed E-state index contributed by atoms with van der Waals surface area (Å²) in [5.41, 5.74) is 0.396. The van der Waals surface area contributed by atoms with E-state index in [0.717, 1.165) is 13.2 Å². The molecule has 1 aliphatic rings. The highest BCUT2D eigenvalue weighted by Crippen LogP contribution is 2.38. The summed E-state index contributed by atoms with van der Waals surface area (Å²) in [5.74, 6) is 0. The molecule has 0 radical (unpaired) electrons. The van der Waals surface area contributed by atoms with Gasteiger partial charge in [-0.2, -0.15) is 0 Å². The summed E-state index contributed by atoms with van der Waals surface area (Å²) in [7, 11) is 0. The van der Waals surface area contributed by atoms with E-state index in [1.54, 1.807) is 0 Å². The summed E-state index contributed by atoms with van der Waals surface area (Å²) in [4.78, 5) is 0. The lowest BCUT2D eigenvalue weighted by molar-refractivity contribution is 0.0257. The molecule has 0 spiro atoms. The standard InChI is InChI=1S/C13H27NO/c1-5-7-10-15-11-8-9-13(3,4)12(11)14-6-2/h11-12,14H,5-10H2,1-4H3. The highest BCUT2D eigenvalue weighted by molar-refractivity contribution is 4.97. The van der Waals surface area contributed by atoms with Crippen LogP contribution < -0.4 is 5.32 Å². The molecule has 2 nitrogen and oxygen atoms in total. The van der Waals surface area contributed by atoms with Crippen LogP contribution in [0.1, 0.15) is 53.4 Å². The van der Waals surface area contributed by atoms with E-state index < -0.39 is 0 Å². The van der Waals surface area contributed by atoms with Gasteiger partial charge in [-0.15, -0.1) is 0 Å². The van der Waals surface area contributed by atoms with Crippen LogP contribution >= 0.6 is 0 Å². The first kappa shape index (κ1) is 13.0. The minimum absolute atomic E-state index is 0.396. The molecule has 2 unspecified atom stereocenters. The molecule has 1 rings (SSSR count). The molecule has 1 saturated carbocycles. The molecule has 0 heterocycles. The van der Waals surface area contributed by atoms with Gasteiger partial charge in [-0.3, -0.25) is 0 Å². The number of ether oxygens (including phenoxy) is 1. The van der Waals surface area contributed by atoms with Crippen molar-refractivity contribution in [2.75, 3.05) is 13.2 Å². The van der Waals surface area contributed by atoms with Crippen molar-refractivity contribution in [3.05, 3.63) is 0 Å². The van der Waals surface area contributed by atoms with E-state index in [-0.39, 0.29) is 0 Å². The molecule has 2 atom stereocenters. The first-order valence-electron chi connectivity index (χ1n) is 6.46. The van der Waals surface area contributed by atoms with E-state index in [1.165, 1.54) is 25.7 Å². The maximum atomic E-state index is 5.98. The van der Waals surface area contributed by atoms with Crippen molar-refractivity contribution in [1.29, 1.82) is 0 Å². The molecule has 0 aromatic heterocycles. The molecule has 90 valence electrons. The first-order chi connectivity index (χ1) is 7.11. The molecule has 1 aliphatic carbocycles. The lowest BCUT2D eigenvalue weighted by Crippen LogP contribution is -2.45. The summed E-state index contributed by atoms with van der Waals surface area (Å²) >= 11 is 0.